The molecule has 96 valence electrons. The topological polar surface area (TPSA) is 67.6 Å². The van der Waals surface area contributed by atoms with E-state index in [1.807, 2.05) is 25.9 Å². The van der Waals surface area contributed by atoms with Crippen LogP contribution in [0.3, 0.4) is 0 Å². The lowest BCUT2D eigenvalue weighted by Crippen LogP contribution is -2.39. The fraction of sp³-hybridized carbons (Fsp3) is 0.636. The quantitative estimate of drug-likeness (QED) is 0.820. The van der Waals surface area contributed by atoms with Crippen LogP contribution < -0.4 is 10.1 Å². The summed E-state index contributed by atoms with van der Waals surface area (Å²) in [5.74, 6) is 0.0271. The van der Waals surface area contributed by atoms with Gasteiger partial charge < -0.3 is 19.5 Å². The third kappa shape index (κ3) is 3.45. The monoisotopic (exact) mass is 241 g/mol. The number of carbonyl (C=O) groups excluding carboxylic acids is 1. The Morgan fingerprint density at radius 2 is 2.24 bits per heavy atom. The summed E-state index contributed by atoms with van der Waals surface area (Å²) in [6.45, 7) is 4.44. The number of hydrogen-bond acceptors (Lipinski definition) is 5. The molecule has 0 bridgehead atoms. The number of carbonyl (C=O) groups is 1. The van der Waals surface area contributed by atoms with Crippen LogP contribution >= 0.6 is 0 Å². The lowest BCUT2D eigenvalue weighted by molar-refractivity contribution is 0.0924. The summed E-state index contributed by atoms with van der Waals surface area (Å²) >= 11 is 0. The Kier molecular flexibility index (Phi) is 4.51. The maximum Gasteiger partial charge on any atom is 0.314 e. The lowest BCUT2D eigenvalue weighted by atomic mass is 10.2. The highest BCUT2D eigenvalue weighted by atomic mass is 16.6. The maximum atomic E-state index is 11.9. The average molecular weight is 241 g/mol. The van der Waals surface area contributed by atoms with E-state index in [1.165, 1.54) is 7.11 Å². The molecule has 1 aromatic heterocycles. The zero-order chi connectivity index (χ0) is 13.0. The number of likely N-dealkylation sites (N-methyl/N-ethyl adjacent to an activating group) is 1. The van der Waals surface area contributed by atoms with Gasteiger partial charge in [0.2, 0.25) is 0 Å². The van der Waals surface area contributed by atoms with Gasteiger partial charge in [-0.25, -0.2) is 0 Å². The number of ether oxygens (including phenoxy) is 1. The first-order valence-electron chi connectivity index (χ1n) is 5.41. The fourth-order valence-electron chi connectivity index (χ4n) is 1.61. The van der Waals surface area contributed by atoms with Crippen molar-refractivity contribution in [3.05, 3.63) is 11.3 Å². The SMILES string of the molecule is COc1onc(C(=O)NC(C)CN(C)C)c1C. The van der Waals surface area contributed by atoms with Crippen LogP contribution in [0.1, 0.15) is 23.0 Å². The second-order valence-corrected chi connectivity index (χ2v) is 4.28. The van der Waals surface area contributed by atoms with E-state index in [0.29, 0.717) is 5.56 Å². The first-order valence-corrected chi connectivity index (χ1v) is 5.41. The molecule has 1 N–H and O–H groups in total. The van der Waals surface area contributed by atoms with Gasteiger partial charge in [0, 0.05) is 12.6 Å². The highest BCUT2D eigenvalue weighted by Gasteiger charge is 2.20. The number of nitrogens with zero attached hydrogens (tertiary/aromatic N) is 2. The Bertz CT molecular complexity index is 387. The molecule has 6 nitrogen and oxygen atoms in total. The average Bonchev–Trinajstić information content (AvgIpc) is 2.57. The van der Waals surface area contributed by atoms with E-state index in [9.17, 15) is 4.79 Å². The number of hydrogen-bond donors (Lipinski definition) is 1. The van der Waals surface area contributed by atoms with E-state index in [1.54, 1.807) is 6.92 Å². The molecule has 17 heavy (non-hydrogen) atoms. The van der Waals surface area contributed by atoms with E-state index >= 15 is 0 Å². The molecular formula is C11H19N3O3. The predicted octanol–water partition coefficient (Wildman–Crippen LogP) is 0.672. The number of amides is 1. The molecule has 0 aliphatic heterocycles. The molecule has 1 rings (SSSR count). The molecule has 0 saturated heterocycles. The van der Waals surface area contributed by atoms with Crippen LogP contribution in [-0.4, -0.2) is 49.8 Å². The van der Waals surface area contributed by atoms with Crippen LogP contribution in [0.15, 0.2) is 4.52 Å². The summed E-state index contributed by atoms with van der Waals surface area (Å²) in [6.07, 6.45) is 0. The van der Waals surface area contributed by atoms with Crippen molar-refractivity contribution in [2.45, 2.75) is 19.9 Å². The minimum absolute atomic E-state index is 0.0413. The summed E-state index contributed by atoms with van der Waals surface area (Å²) < 4.78 is 9.81. The van der Waals surface area contributed by atoms with Crippen LogP contribution in [0.4, 0.5) is 0 Å². The zero-order valence-corrected chi connectivity index (χ0v) is 10.9. The van der Waals surface area contributed by atoms with Crippen molar-refractivity contribution in [1.82, 2.24) is 15.4 Å². The first-order chi connectivity index (χ1) is 7.95. The van der Waals surface area contributed by atoms with Crippen molar-refractivity contribution >= 4 is 5.91 Å². The smallest absolute Gasteiger partial charge is 0.314 e. The Morgan fingerprint density at radius 3 is 2.71 bits per heavy atom. The number of aromatic nitrogens is 1. The van der Waals surface area contributed by atoms with E-state index in [-0.39, 0.29) is 23.6 Å². The second kappa shape index (κ2) is 5.67. The van der Waals surface area contributed by atoms with Gasteiger partial charge in [0.1, 0.15) is 0 Å². The lowest BCUT2D eigenvalue weighted by Gasteiger charge is -2.17. The van der Waals surface area contributed by atoms with Crippen molar-refractivity contribution in [2.24, 2.45) is 0 Å². The molecule has 0 aromatic carbocycles. The van der Waals surface area contributed by atoms with Crippen LogP contribution in [-0.2, 0) is 0 Å². The van der Waals surface area contributed by atoms with Gasteiger partial charge in [-0.1, -0.05) is 5.16 Å². The summed E-state index contributed by atoms with van der Waals surface area (Å²) in [4.78, 5) is 13.9. The number of methoxy groups -OCH3 is 1. The molecule has 1 aromatic rings. The minimum atomic E-state index is -0.246. The van der Waals surface area contributed by atoms with Gasteiger partial charge in [-0.3, -0.25) is 4.79 Å². The largest absolute Gasteiger partial charge is 0.467 e. The molecule has 1 atom stereocenters. The van der Waals surface area contributed by atoms with Gasteiger partial charge in [0.15, 0.2) is 5.69 Å². The number of nitrogens with one attached hydrogen (secondary N) is 1. The molecule has 1 heterocycles. The number of rotatable bonds is 5. The van der Waals surface area contributed by atoms with Gasteiger partial charge in [-0.2, -0.15) is 0 Å². The first kappa shape index (κ1) is 13.5. The van der Waals surface area contributed by atoms with Gasteiger partial charge in [0.25, 0.3) is 5.91 Å². The molecule has 1 unspecified atom stereocenters. The summed E-state index contributed by atoms with van der Waals surface area (Å²) in [6, 6.07) is 0.0413. The van der Waals surface area contributed by atoms with Crippen LogP contribution in [0.5, 0.6) is 5.95 Å². The van der Waals surface area contributed by atoms with Gasteiger partial charge in [-0.15, -0.1) is 0 Å². The Hall–Kier alpha value is -1.56. The van der Waals surface area contributed by atoms with Crippen molar-refractivity contribution in [2.75, 3.05) is 27.7 Å². The predicted molar refractivity (Wildman–Crippen MR) is 63.3 cm³/mol. The normalized spacial score (nSPS) is 12.6. The summed E-state index contributed by atoms with van der Waals surface area (Å²) in [5.41, 5.74) is 0.884. The van der Waals surface area contributed by atoms with E-state index in [4.69, 9.17) is 9.26 Å². The van der Waals surface area contributed by atoms with E-state index in [2.05, 4.69) is 10.5 Å². The van der Waals surface area contributed by atoms with E-state index < -0.39 is 0 Å². The van der Waals surface area contributed by atoms with Crippen molar-refractivity contribution in [3.63, 3.8) is 0 Å². The minimum Gasteiger partial charge on any atom is -0.467 e. The Morgan fingerprint density at radius 1 is 1.59 bits per heavy atom. The molecule has 0 aliphatic rings. The van der Waals surface area contributed by atoms with E-state index in [0.717, 1.165) is 6.54 Å². The summed E-state index contributed by atoms with van der Waals surface area (Å²) in [7, 11) is 5.38. The molecular weight excluding hydrogens is 222 g/mol. The molecule has 0 aliphatic carbocycles. The second-order valence-electron chi connectivity index (χ2n) is 4.28. The van der Waals surface area contributed by atoms with Gasteiger partial charge >= 0.3 is 5.95 Å². The maximum absolute atomic E-state index is 11.9. The molecule has 0 radical (unpaired) electrons. The Labute approximate surface area is 101 Å². The van der Waals surface area contributed by atoms with Crippen molar-refractivity contribution < 1.29 is 14.1 Å². The molecule has 1 amide bonds. The highest BCUT2D eigenvalue weighted by molar-refractivity contribution is 5.94. The summed E-state index contributed by atoms with van der Waals surface area (Å²) in [5, 5.41) is 6.54. The van der Waals surface area contributed by atoms with Crippen LogP contribution in [0.25, 0.3) is 0 Å². The van der Waals surface area contributed by atoms with Crippen molar-refractivity contribution in [3.8, 4) is 5.95 Å². The fourth-order valence-corrected chi connectivity index (χ4v) is 1.61. The van der Waals surface area contributed by atoms with Gasteiger partial charge in [-0.05, 0) is 27.9 Å². The molecule has 0 spiro atoms. The molecule has 6 heteroatoms. The van der Waals surface area contributed by atoms with Crippen molar-refractivity contribution in [1.29, 1.82) is 0 Å². The third-order valence-corrected chi connectivity index (χ3v) is 2.30. The third-order valence-electron chi connectivity index (χ3n) is 2.30. The molecule has 0 saturated carbocycles. The standard InChI is InChI=1S/C11H19N3O3/c1-7(6-14(3)4)12-10(15)9-8(2)11(16-5)17-13-9/h7H,6H2,1-5H3,(H,12,15). The van der Waals surface area contributed by atoms with Crippen LogP contribution in [0, 0.1) is 6.92 Å². The highest BCUT2D eigenvalue weighted by Crippen LogP contribution is 2.20. The molecule has 0 fully saturated rings. The zero-order valence-electron chi connectivity index (χ0n) is 10.9. The Balaban J connectivity index is 2.66. The van der Waals surface area contributed by atoms with Gasteiger partial charge in [0.05, 0.1) is 12.7 Å². The van der Waals surface area contributed by atoms with Crippen LogP contribution in [0.2, 0.25) is 0 Å².